The van der Waals surface area contributed by atoms with Crippen LogP contribution in [0, 0.1) is 10.5 Å². The molecule has 2 aromatic rings. The normalized spacial score (nSPS) is 14.8. The summed E-state index contributed by atoms with van der Waals surface area (Å²) in [5.74, 6) is 1.94. The Morgan fingerprint density at radius 2 is 2.00 bits per heavy atom. The number of benzene rings is 2. The van der Waals surface area contributed by atoms with Crippen molar-refractivity contribution in [2.45, 2.75) is 6.92 Å². The Morgan fingerprint density at radius 1 is 1.23 bits per heavy atom. The van der Waals surface area contributed by atoms with Crippen LogP contribution in [-0.4, -0.2) is 42.0 Å². The van der Waals surface area contributed by atoms with E-state index in [0.29, 0.717) is 40.5 Å². The number of thiocarbonyl (C=S) groups is 1. The van der Waals surface area contributed by atoms with Gasteiger partial charge in [0.25, 0.3) is 5.91 Å². The van der Waals surface area contributed by atoms with Crippen molar-refractivity contribution in [3.63, 3.8) is 0 Å². The second-order valence-corrected chi connectivity index (χ2v) is 9.47. The molecule has 0 N–H and O–H groups in total. The van der Waals surface area contributed by atoms with Crippen LogP contribution in [0.4, 0.5) is 0 Å². The third-order valence-electron chi connectivity index (χ3n) is 4.32. The second-order valence-electron chi connectivity index (χ2n) is 6.63. The number of rotatable bonds is 9. The van der Waals surface area contributed by atoms with E-state index in [2.05, 4.69) is 29.2 Å². The van der Waals surface area contributed by atoms with Crippen molar-refractivity contribution in [2.75, 3.05) is 26.9 Å². The molecule has 2 aromatic carbocycles. The van der Waals surface area contributed by atoms with Crippen LogP contribution in [0.1, 0.15) is 11.1 Å². The number of nitrogens with zero attached hydrogens (tertiary/aromatic N) is 1. The molecular weight excluding hydrogens is 545 g/mol. The highest BCUT2D eigenvalue weighted by Crippen LogP contribution is 2.37. The number of thioether (sulfide) groups is 1. The number of carbonyl (C=O) groups is 1. The molecule has 0 saturated carbocycles. The molecule has 8 heteroatoms. The molecule has 0 aromatic heterocycles. The molecule has 31 heavy (non-hydrogen) atoms. The molecule has 1 heterocycles. The first kappa shape index (κ1) is 23.6. The standard InChI is InChI=1S/C23H22INO4S2/c1-4-8-25-22(26)20(31-23(25)30)14-16-12-18(24)21(19(13-16)27-3)29-10-9-28-17-7-5-6-15(2)11-17/h4-7,11-14H,1,8-10H2,2-3H3. The van der Waals surface area contributed by atoms with E-state index in [0.717, 1.165) is 20.4 Å². The Morgan fingerprint density at radius 3 is 2.71 bits per heavy atom. The van der Waals surface area contributed by atoms with Gasteiger partial charge in [-0.25, -0.2) is 0 Å². The van der Waals surface area contributed by atoms with Crippen molar-refractivity contribution in [3.05, 3.63) is 68.7 Å². The molecule has 0 unspecified atom stereocenters. The maximum Gasteiger partial charge on any atom is 0.266 e. The SMILES string of the molecule is C=CCN1C(=O)C(=Cc2cc(I)c(OCCOc3cccc(C)c3)c(OC)c2)SC1=S. The van der Waals surface area contributed by atoms with Crippen LogP contribution in [-0.2, 0) is 4.79 Å². The molecule has 3 rings (SSSR count). The first-order valence-corrected chi connectivity index (χ1v) is 11.8. The van der Waals surface area contributed by atoms with E-state index in [-0.39, 0.29) is 5.91 Å². The van der Waals surface area contributed by atoms with Gasteiger partial charge in [-0.2, -0.15) is 0 Å². The van der Waals surface area contributed by atoms with Gasteiger partial charge < -0.3 is 14.2 Å². The zero-order chi connectivity index (χ0) is 22.4. The summed E-state index contributed by atoms with van der Waals surface area (Å²) in [5.41, 5.74) is 1.98. The average Bonchev–Trinajstić information content (AvgIpc) is 2.99. The zero-order valence-corrected chi connectivity index (χ0v) is 21.0. The van der Waals surface area contributed by atoms with Crippen LogP contribution < -0.4 is 14.2 Å². The lowest BCUT2D eigenvalue weighted by molar-refractivity contribution is -0.121. The van der Waals surface area contributed by atoms with Gasteiger partial charge in [0.1, 0.15) is 23.3 Å². The minimum absolute atomic E-state index is 0.113. The Balaban J connectivity index is 1.69. The van der Waals surface area contributed by atoms with Gasteiger partial charge in [-0.05, 0) is 71.0 Å². The van der Waals surface area contributed by atoms with Crippen molar-refractivity contribution in [1.29, 1.82) is 0 Å². The van der Waals surface area contributed by atoms with Gasteiger partial charge in [-0.15, -0.1) is 6.58 Å². The minimum Gasteiger partial charge on any atom is -0.493 e. The van der Waals surface area contributed by atoms with Gasteiger partial charge in [0.15, 0.2) is 11.5 Å². The van der Waals surface area contributed by atoms with Crippen LogP contribution >= 0.6 is 46.6 Å². The van der Waals surface area contributed by atoms with Crippen LogP contribution in [0.3, 0.4) is 0 Å². The zero-order valence-electron chi connectivity index (χ0n) is 17.2. The van der Waals surface area contributed by atoms with E-state index >= 15 is 0 Å². The molecule has 0 radical (unpaired) electrons. The topological polar surface area (TPSA) is 48.0 Å². The number of hydrogen-bond acceptors (Lipinski definition) is 6. The molecule has 1 saturated heterocycles. The van der Waals surface area contributed by atoms with Crippen LogP contribution in [0.25, 0.3) is 6.08 Å². The molecule has 0 bridgehead atoms. The third-order valence-corrected chi connectivity index (χ3v) is 6.50. The first-order valence-electron chi connectivity index (χ1n) is 9.49. The number of aryl methyl sites for hydroxylation is 1. The van der Waals surface area contributed by atoms with Crippen LogP contribution in [0.2, 0.25) is 0 Å². The van der Waals surface area contributed by atoms with E-state index in [4.69, 9.17) is 26.4 Å². The van der Waals surface area contributed by atoms with E-state index in [1.54, 1.807) is 13.2 Å². The molecule has 1 aliphatic heterocycles. The summed E-state index contributed by atoms with van der Waals surface area (Å²) in [6.45, 7) is 6.89. The van der Waals surface area contributed by atoms with E-state index < -0.39 is 0 Å². The second kappa shape index (κ2) is 11.0. The van der Waals surface area contributed by atoms with Gasteiger partial charge in [-0.3, -0.25) is 9.69 Å². The van der Waals surface area contributed by atoms with E-state index in [9.17, 15) is 4.79 Å². The van der Waals surface area contributed by atoms with Gasteiger partial charge >= 0.3 is 0 Å². The minimum atomic E-state index is -0.113. The fourth-order valence-corrected chi connectivity index (χ4v) is 4.97. The van der Waals surface area contributed by atoms with Crippen molar-refractivity contribution in [3.8, 4) is 17.2 Å². The Hall–Kier alpha value is -2.04. The van der Waals surface area contributed by atoms with Crippen LogP contribution in [0.5, 0.6) is 17.2 Å². The van der Waals surface area contributed by atoms with Gasteiger partial charge in [0.05, 0.1) is 15.6 Å². The number of carbonyl (C=O) groups excluding carboxylic acids is 1. The summed E-state index contributed by atoms with van der Waals surface area (Å²) >= 11 is 8.78. The number of methoxy groups -OCH3 is 1. The molecular formula is C23H22INO4S2. The number of ether oxygens (including phenoxy) is 3. The predicted octanol–water partition coefficient (Wildman–Crippen LogP) is 5.45. The summed E-state index contributed by atoms with van der Waals surface area (Å²) in [4.78, 5) is 14.7. The lowest BCUT2D eigenvalue weighted by atomic mass is 10.2. The number of amides is 1. The summed E-state index contributed by atoms with van der Waals surface area (Å²) in [7, 11) is 1.59. The molecule has 1 amide bonds. The highest BCUT2D eigenvalue weighted by atomic mass is 127. The third kappa shape index (κ3) is 6.02. The van der Waals surface area contributed by atoms with Crippen molar-refractivity contribution in [2.24, 2.45) is 0 Å². The molecule has 1 fully saturated rings. The maximum absolute atomic E-state index is 12.6. The average molecular weight is 567 g/mol. The van der Waals surface area contributed by atoms with E-state index in [1.165, 1.54) is 16.7 Å². The summed E-state index contributed by atoms with van der Waals surface area (Å²) in [6, 6.07) is 11.7. The molecule has 162 valence electrons. The highest BCUT2D eigenvalue weighted by Gasteiger charge is 2.31. The van der Waals surface area contributed by atoms with Gasteiger partial charge in [0, 0.05) is 6.54 Å². The molecule has 0 atom stereocenters. The fourth-order valence-electron chi connectivity index (χ4n) is 2.91. The number of halogens is 1. The lowest BCUT2D eigenvalue weighted by Gasteiger charge is -2.14. The van der Waals surface area contributed by atoms with Crippen molar-refractivity contribution < 1.29 is 19.0 Å². The van der Waals surface area contributed by atoms with Crippen molar-refractivity contribution in [1.82, 2.24) is 4.90 Å². The summed E-state index contributed by atoms with van der Waals surface area (Å²) in [5, 5.41) is 0. The molecule has 0 spiro atoms. The quantitative estimate of drug-likeness (QED) is 0.132. The Bertz CT molecular complexity index is 1040. The fraction of sp³-hybridized carbons (Fsp3) is 0.217. The monoisotopic (exact) mass is 567 g/mol. The Labute approximate surface area is 205 Å². The van der Waals surface area contributed by atoms with Gasteiger partial charge in [0.2, 0.25) is 0 Å². The maximum atomic E-state index is 12.6. The first-order chi connectivity index (χ1) is 14.9. The van der Waals surface area contributed by atoms with Crippen LogP contribution in [0.15, 0.2) is 54.0 Å². The summed E-state index contributed by atoms with van der Waals surface area (Å²) < 4.78 is 18.6. The van der Waals surface area contributed by atoms with E-state index in [1.807, 2.05) is 49.4 Å². The predicted molar refractivity (Wildman–Crippen MR) is 138 cm³/mol. The smallest absolute Gasteiger partial charge is 0.266 e. The molecule has 1 aliphatic rings. The molecule has 5 nitrogen and oxygen atoms in total. The lowest BCUT2D eigenvalue weighted by Crippen LogP contribution is -2.27. The van der Waals surface area contributed by atoms with Gasteiger partial charge in [-0.1, -0.05) is 42.2 Å². The Kier molecular flexibility index (Phi) is 8.39. The highest BCUT2D eigenvalue weighted by molar-refractivity contribution is 14.1. The van der Waals surface area contributed by atoms with Crippen molar-refractivity contribution >= 4 is 62.9 Å². The largest absolute Gasteiger partial charge is 0.493 e. The number of hydrogen-bond donors (Lipinski definition) is 0. The summed E-state index contributed by atoms with van der Waals surface area (Å²) in [6.07, 6.45) is 3.48. The molecule has 0 aliphatic carbocycles.